The van der Waals surface area contributed by atoms with Crippen molar-refractivity contribution in [2.24, 2.45) is 0 Å². The summed E-state index contributed by atoms with van der Waals surface area (Å²) in [5.41, 5.74) is 8.18. The maximum Gasteiger partial charge on any atom is 0.164 e. The fourth-order valence-corrected chi connectivity index (χ4v) is 7.69. The monoisotopic (exact) mass is 665 g/mol. The number of hydrogen-bond donors (Lipinski definition) is 0. The number of fused-ring (bicyclic) bond motifs is 8. The molecule has 5 nitrogen and oxygen atoms in total. The van der Waals surface area contributed by atoms with Crippen molar-refractivity contribution in [1.29, 1.82) is 0 Å². The summed E-state index contributed by atoms with van der Waals surface area (Å²) in [5.74, 6) is 1.74. The van der Waals surface area contributed by atoms with Crippen LogP contribution in [0.4, 0.5) is 0 Å². The highest BCUT2D eigenvalue weighted by Crippen LogP contribution is 2.40. The first kappa shape index (κ1) is 28.7. The molecule has 0 amide bonds. The lowest BCUT2D eigenvalue weighted by atomic mass is 9.96. The van der Waals surface area contributed by atoms with Gasteiger partial charge in [0, 0.05) is 38.2 Å². The molecule has 0 aliphatic carbocycles. The normalized spacial score (nSPS) is 11.8. The highest BCUT2D eigenvalue weighted by Gasteiger charge is 2.20. The quantitative estimate of drug-likeness (QED) is 0.187. The zero-order chi connectivity index (χ0) is 34.2. The van der Waals surface area contributed by atoms with Gasteiger partial charge in [-0.15, -0.1) is 0 Å². The van der Waals surface area contributed by atoms with Crippen LogP contribution in [0.5, 0.6) is 0 Å². The molecular formula is C47H27N3O2. The summed E-state index contributed by atoms with van der Waals surface area (Å²) < 4.78 is 12.8. The summed E-state index contributed by atoms with van der Waals surface area (Å²) >= 11 is 0. The van der Waals surface area contributed by atoms with Gasteiger partial charge in [0.25, 0.3) is 0 Å². The molecule has 0 unspecified atom stereocenters. The highest BCUT2D eigenvalue weighted by atomic mass is 16.3. The Kier molecular flexibility index (Phi) is 6.18. The predicted molar refractivity (Wildman–Crippen MR) is 211 cm³/mol. The Hall–Kier alpha value is -7.11. The molecule has 0 aliphatic rings. The van der Waals surface area contributed by atoms with Crippen molar-refractivity contribution in [3.8, 4) is 45.3 Å². The van der Waals surface area contributed by atoms with Crippen molar-refractivity contribution in [3.05, 3.63) is 164 Å². The van der Waals surface area contributed by atoms with Gasteiger partial charge in [0.1, 0.15) is 22.3 Å². The number of rotatable bonds is 4. The zero-order valence-electron chi connectivity index (χ0n) is 27.7. The van der Waals surface area contributed by atoms with Crippen LogP contribution >= 0.6 is 0 Å². The van der Waals surface area contributed by atoms with E-state index in [1.54, 1.807) is 0 Å². The largest absolute Gasteiger partial charge is 0.456 e. The first-order valence-corrected chi connectivity index (χ1v) is 17.3. The number of furan rings is 2. The van der Waals surface area contributed by atoms with Crippen LogP contribution in [0.25, 0.3) is 111 Å². The molecule has 52 heavy (non-hydrogen) atoms. The molecule has 0 saturated carbocycles. The minimum Gasteiger partial charge on any atom is -0.456 e. The molecule has 3 aromatic heterocycles. The number of benzene rings is 8. The van der Waals surface area contributed by atoms with Crippen LogP contribution in [0.2, 0.25) is 0 Å². The van der Waals surface area contributed by atoms with E-state index in [2.05, 4.69) is 127 Å². The average molecular weight is 666 g/mol. The van der Waals surface area contributed by atoms with Crippen LogP contribution in [0.15, 0.2) is 173 Å². The van der Waals surface area contributed by atoms with Crippen molar-refractivity contribution in [1.82, 2.24) is 15.0 Å². The van der Waals surface area contributed by atoms with E-state index in [-0.39, 0.29) is 0 Å². The second-order valence-corrected chi connectivity index (χ2v) is 13.2. The van der Waals surface area contributed by atoms with Crippen LogP contribution in [0.3, 0.4) is 0 Å². The minimum absolute atomic E-state index is 0.566. The van der Waals surface area contributed by atoms with E-state index >= 15 is 0 Å². The van der Waals surface area contributed by atoms with Gasteiger partial charge in [0.2, 0.25) is 0 Å². The third-order valence-electron chi connectivity index (χ3n) is 10.1. The molecule has 3 heterocycles. The van der Waals surface area contributed by atoms with Gasteiger partial charge in [0.05, 0.1) is 0 Å². The van der Waals surface area contributed by atoms with Gasteiger partial charge in [-0.1, -0.05) is 127 Å². The molecule has 8 aromatic carbocycles. The van der Waals surface area contributed by atoms with Gasteiger partial charge in [-0.05, 0) is 69.1 Å². The molecular weight excluding hydrogens is 639 g/mol. The van der Waals surface area contributed by atoms with Gasteiger partial charge < -0.3 is 8.83 Å². The van der Waals surface area contributed by atoms with Crippen molar-refractivity contribution in [2.45, 2.75) is 0 Å². The Morgan fingerprint density at radius 1 is 0.308 bits per heavy atom. The van der Waals surface area contributed by atoms with E-state index in [1.165, 1.54) is 16.3 Å². The third-order valence-corrected chi connectivity index (χ3v) is 10.1. The van der Waals surface area contributed by atoms with Gasteiger partial charge >= 0.3 is 0 Å². The molecule has 0 saturated heterocycles. The first-order valence-electron chi connectivity index (χ1n) is 17.3. The van der Waals surface area contributed by atoms with Crippen LogP contribution in [-0.4, -0.2) is 15.0 Å². The standard InChI is InChI=1S/C47H27N3O2/c1-3-14-32-28(10-1)12-7-17-34(32)30-23-25-41-39(26-30)44-38(19-9-21-42(44)51-41)47-49-45(31-22-24-36-35-16-5-6-20-40(35)52-43(36)27-31)48-46(50-47)37-18-8-13-29-11-2-4-15-33(29)37/h1-27H. The molecule has 0 aliphatic heterocycles. The van der Waals surface area contributed by atoms with E-state index in [1.807, 2.05) is 36.4 Å². The Bertz CT molecular complexity index is 3200. The summed E-state index contributed by atoms with van der Waals surface area (Å²) in [6.45, 7) is 0. The molecule has 0 radical (unpaired) electrons. The summed E-state index contributed by atoms with van der Waals surface area (Å²) in [4.78, 5) is 15.5. The van der Waals surface area contributed by atoms with Crippen LogP contribution < -0.4 is 0 Å². The zero-order valence-corrected chi connectivity index (χ0v) is 27.7. The summed E-state index contributed by atoms with van der Waals surface area (Å²) in [6, 6.07) is 56.4. The van der Waals surface area contributed by atoms with Crippen molar-refractivity contribution >= 4 is 65.4 Å². The second-order valence-electron chi connectivity index (χ2n) is 13.2. The molecule has 11 aromatic rings. The molecule has 5 heteroatoms. The Balaban J connectivity index is 1.16. The molecule has 242 valence electrons. The van der Waals surface area contributed by atoms with E-state index in [0.717, 1.165) is 76.9 Å². The Labute approximate surface area is 297 Å². The van der Waals surface area contributed by atoms with Crippen LogP contribution in [0, 0.1) is 0 Å². The summed E-state index contributed by atoms with van der Waals surface area (Å²) in [7, 11) is 0. The lowest BCUT2D eigenvalue weighted by molar-refractivity contribution is 0.668. The number of aromatic nitrogens is 3. The van der Waals surface area contributed by atoms with E-state index < -0.39 is 0 Å². The third kappa shape index (κ3) is 4.46. The minimum atomic E-state index is 0.566. The molecule has 0 fully saturated rings. The summed E-state index contributed by atoms with van der Waals surface area (Å²) in [6.07, 6.45) is 0. The molecule has 11 rings (SSSR count). The average Bonchev–Trinajstić information content (AvgIpc) is 3.78. The number of nitrogens with zero attached hydrogens (tertiary/aromatic N) is 3. The lowest BCUT2D eigenvalue weighted by Crippen LogP contribution is -2.00. The van der Waals surface area contributed by atoms with E-state index in [9.17, 15) is 0 Å². The summed E-state index contributed by atoms with van der Waals surface area (Å²) in [5, 5.41) is 8.72. The van der Waals surface area contributed by atoms with Crippen molar-refractivity contribution in [2.75, 3.05) is 0 Å². The second kappa shape index (κ2) is 11.2. The maximum atomic E-state index is 6.47. The Morgan fingerprint density at radius 3 is 1.67 bits per heavy atom. The van der Waals surface area contributed by atoms with Gasteiger partial charge in [-0.3, -0.25) is 0 Å². The van der Waals surface area contributed by atoms with E-state index in [4.69, 9.17) is 23.8 Å². The Morgan fingerprint density at radius 2 is 0.846 bits per heavy atom. The SMILES string of the molecule is c1ccc2c(-c3ccc4oc5cccc(-c6nc(-c7ccc8c(c7)oc7ccccc78)nc(-c7cccc8ccccc78)n6)c5c4c3)cccc2c1. The fraction of sp³-hybridized carbons (Fsp3) is 0. The van der Waals surface area contributed by atoms with Crippen molar-refractivity contribution in [3.63, 3.8) is 0 Å². The highest BCUT2D eigenvalue weighted by molar-refractivity contribution is 6.13. The fourth-order valence-electron chi connectivity index (χ4n) is 7.69. The lowest BCUT2D eigenvalue weighted by Gasteiger charge is -2.11. The first-order chi connectivity index (χ1) is 25.7. The topological polar surface area (TPSA) is 65.0 Å². The molecule has 0 N–H and O–H groups in total. The van der Waals surface area contributed by atoms with Gasteiger partial charge in [0.15, 0.2) is 17.5 Å². The van der Waals surface area contributed by atoms with E-state index in [0.29, 0.717) is 17.5 Å². The molecule has 0 bridgehead atoms. The van der Waals surface area contributed by atoms with Crippen molar-refractivity contribution < 1.29 is 8.83 Å². The smallest absolute Gasteiger partial charge is 0.164 e. The number of para-hydroxylation sites is 1. The van der Waals surface area contributed by atoms with Crippen LogP contribution in [-0.2, 0) is 0 Å². The number of hydrogen-bond acceptors (Lipinski definition) is 5. The van der Waals surface area contributed by atoms with Gasteiger partial charge in [-0.2, -0.15) is 0 Å². The van der Waals surface area contributed by atoms with Crippen LogP contribution in [0.1, 0.15) is 0 Å². The molecule has 0 atom stereocenters. The molecule has 0 spiro atoms. The maximum absolute atomic E-state index is 6.47. The van der Waals surface area contributed by atoms with Gasteiger partial charge in [-0.25, -0.2) is 15.0 Å². The predicted octanol–water partition coefficient (Wildman–Crippen LogP) is 12.6.